The first-order chi connectivity index (χ1) is 14.2. The summed E-state index contributed by atoms with van der Waals surface area (Å²) in [6.45, 7) is 7.50. The maximum atomic E-state index is 13.7. The minimum atomic E-state index is -1.56. The van der Waals surface area contributed by atoms with Crippen LogP contribution in [0.2, 0.25) is 0 Å². The molecule has 0 radical (unpaired) electrons. The van der Waals surface area contributed by atoms with Crippen LogP contribution in [0.1, 0.15) is 37.9 Å². The topological polar surface area (TPSA) is 41.6 Å². The van der Waals surface area contributed by atoms with E-state index in [4.69, 9.17) is 4.74 Å². The SMILES string of the molecule is CC1CN(c2cccc(C(C)NC(=O)/C=C/c3ccc(F)c(F)c3F)c2)CC(C)O1. The van der Waals surface area contributed by atoms with Gasteiger partial charge in [0.1, 0.15) is 0 Å². The van der Waals surface area contributed by atoms with Crippen LogP contribution in [-0.4, -0.2) is 31.2 Å². The number of hydrogen-bond acceptors (Lipinski definition) is 3. The number of rotatable bonds is 5. The van der Waals surface area contributed by atoms with Crippen LogP contribution in [0.5, 0.6) is 0 Å². The summed E-state index contributed by atoms with van der Waals surface area (Å²) in [4.78, 5) is 14.5. The van der Waals surface area contributed by atoms with Gasteiger partial charge >= 0.3 is 0 Å². The van der Waals surface area contributed by atoms with E-state index in [1.807, 2.05) is 45.0 Å². The van der Waals surface area contributed by atoms with Gasteiger partial charge in [0.2, 0.25) is 5.91 Å². The Balaban J connectivity index is 1.66. The number of nitrogens with zero attached hydrogens (tertiary/aromatic N) is 1. The highest BCUT2D eigenvalue weighted by Crippen LogP contribution is 2.24. The van der Waals surface area contributed by atoms with E-state index in [9.17, 15) is 18.0 Å². The van der Waals surface area contributed by atoms with Gasteiger partial charge in [-0.25, -0.2) is 13.2 Å². The number of anilines is 1. The minimum absolute atomic E-state index is 0.136. The largest absolute Gasteiger partial charge is 0.372 e. The molecule has 30 heavy (non-hydrogen) atoms. The molecule has 2 aromatic rings. The van der Waals surface area contributed by atoms with Crippen molar-refractivity contribution in [1.29, 1.82) is 0 Å². The lowest BCUT2D eigenvalue weighted by atomic mass is 10.1. The van der Waals surface area contributed by atoms with E-state index in [1.54, 1.807) is 0 Å². The first kappa shape index (κ1) is 21.9. The molecule has 2 aromatic carbocycles. The molecule has 0 bridgehead atoms. The molecule has 160 valence electrons. The highest BCUT2D eigenvalue weighted by Gasteiger charge is 2.23. The molecule has 0 spiro atoms. The maximum Gasteiger partial charge on any atom is 0.244 e. The highest BCUT2D eigenvalue weighted by molar-refractivity contribution is 5.92. The lowest BCUT2D eigenvalue weighted by molar-refractivity contribution is -0.117. The number of amides is 1. The van der Waals surface area contributed by atoms with Crippen molar-refractivity contribution in [3.8, 4) is 0 Å². The van der Waals surface area contributed by atoms with Crippen molar-refractivity contribution in [2.75, 3.05) is 18.0 Å². The fourth-order valence-corrected chi connectivity index (χ4v) is 3.56. The molecule has 1 aliphatic rings. The Morgan fingerprint density at radius 3 is 2.53 bits per heavy atom. The van der Waals surface area contributed by atoms with Gasteiger partial charge in [0.15, 0.2) is 17.5 Å². The number of halogens is 3. The monoisotopic (exact) mass is 418 g/mol. The van der Waals surface area contributed by atoms with E-state index in [-0.39, 0.29) is 23.8 Å². The van der Waals surface area contributed by atoms with Crippen LogP contribution in [0.3, 0.4) is 0 Å². The zero-order chi connectivity index (χ0) is 21.8. The third-order valence-electron chi connectivity index (χ3n) is 4.99. The lowest BCUT2D eigenvalue weighted by Gasteiger charge is -2.37. The normalized spacial score (nSPS) is 20.4. The Hall–Kier alpha value is -2.80. The first-order valence-corrected chi connectivity index (χ1v) is 9.87. The second-order valence-corrected chi connectivity index (χ2v) is 7.59. The van der Waals surface area contributed by atoms with Crippen molar-refractivity contribution in [1.82, 2.24) is 5.32 Å². The summed E-state index contributed by atoms with van der Waals surface area (Å²) in [5, 5.41) is 2.80. The second-order valence-electron chi connectivity index (χ2n) is 7.59. The van der Waals surface area contributed by atoms with E-state index in [2.05, 4.69) is 10.2 Å². The van der Waals surface area contributed by atoms with Crippen LogP contribution >= 0.6 is 0 Å². The van der Waals surface area contributed by atoms with Crippen molar-refractivity contribution in [3.63, 3.8) is 0 Å². The highest BCUT2D eigenvalue weighted by atomic mass is 19.2. The molecule has 3 rings (SSSR count). The van der Waals surface area contributed by atoms with Crippen LogP contribution < -0.4 is 10.2 Å². The van der Waals surface area contributed by atoms with Gasteiger partial charge in [-0.2, -0.15) is 0 Å². The molecule has 0 aromatic heterocycles. The van der Waals surface area contributed by atoms with E-state index >= 15 is 0 Å². The number of morpholine rings is 1. The Labute approximate surface area is 174 Å². The maximum absolute atomic E-state index is 13.7. The molecule has 1 saturated heterocycles. The van der Waals surface area contributed by atoms with Crippen LogP contribution in [-0.2, 0) is 9.53 Å². The Morgan fingerprint density at radius 1 is 1.13 bits per heavy atom. The molecular formula is C23H25F3N2O2. The van der Waals surface area contributed by atoms with Gasteiger partial charge in [-0.1, -0.05) is 12.1 Å². The third kappa shape index (κ3) is 5.21. The predicted octanol–water partition coefficient (Wildman–Crippen LogP) is 4.61. The summed E-state index contributed by atoms with van der Waals surface area (Å²) in [7, 11) is 0. The molecule has 0 saturated carbocycles. The molecule has 1 heterocycles. The van der Waals surface area contributed by atoms with E-state index < -0.39 is 23.4 Å². The molecule has 1 amide bonds. The van der Waals surface area contributed by atoms with Crippen LogP contribution in [0.25, 0.3) is 6.08 Å². The van der Waals surface area contributed by atoms with Crippen molar-refractivity contribution >= 4 is 17.7 Å². The van der Waals surface area contributed by atoms with Gasteiger partial charge in [0.05, 0.1) is 18.2 Å². The van der Waals surface area contributed by atoms with Gasteiger partial charge in [-0.3, -0.25) is 4.79 Å². The molecule has 3 atom stereocenters. The molecule has 0 aliphatic carbocycles. The van der Waals surface area contributed by atoms with Crippen molar-refractivity contribution in [2.24, 2.45) is 0 Å². The van der Waals surface area contributed by atoms with Gasteiger partial charge < -0.3 is 15.0 Å². The third-order valence-corrected chi connectivity index (χ3v) is 4.99. The van der Waals surface area contributed by atoms with Crippen molar-refractivity contribution in [3.05, 3.63) is 71.1 Å². The average Bonchev–Trinajstić information content (AvgIpc) is 2.71. The van der Waals surface area contributed by atoms with Crippen LogP contribution in [0, 0.1) is 17.5 Å². The second kappa shape index (κ2) is 9.34. The number of benzene rings is 2. The number of carbonyl (C=O) groups is 1. The minimum Gasteiger partial charge on any atom is -0.372 e. The molecule has 1 aliphatic heterocycles. The fourth-order valence-electron chi connectivity index (χ4n) is 3.56. The number of nitrogens with one attached hydrogen (secondary N) is 1. The van der Waals surface area contributed by atoms with Crippen molar-refractivity contribution in [2.45, 2.75) is 39.0 Å². The quantitative estimate of drug-likeness (QED) is 0.570. The summed E-state index contributed by atoms with van der Waals surface area (Å²) in [5.74, 6) is -4.62. The lowest BCUT2D eigenvalue weighted by Crippen LogP contribution is -2.45. The van der Waals surface area contributed by atoms with E-state index in [0.29, 0.717) is 0 Å². The summed E-state index contributed by atoms with van der Waals surface area (Å²) in [5.41, 5.74) is 1.77. The smallest absolute Gasteiger partial charge is 0.244 e. The Morgan fingerprint density at radius 2 is 1.83 bits per heavy atom. The van der Waals surface area contributed by atoms with Crippen molar-refractivity contribution < 1.29 is 22.7 Å². The standard InChI is InChI=1S/C23H25F3N2O2/c1-14-12-28(13-15(2)30-14)19-6-4-5-18(11-19)16(3)27-21(29)10-8-17-7-9-20(24)23(26)22(17)25/h4-11,14-16H,12-13H2,1-3H3,(H,27,29)/b10-8+. The van der Waals surface area contributed by atoms with Gasteiger partial charge in [0, 0.05) is 30.4 Å². The summed E-state index contributed by atoms with van der Waals surface area (Å²) >= 11 is 0. The molecule has 1 N–H and O–H groups in total. The van der Waals surface area contributed by atoms with Gasteiger partial charge in [-0.15, -0.1) is 0 Å². The molecular weight excluding hydrogens is 393 g/mol. The van der Waals surface area contributed by atoms with E-state index in [0.717, 1.165) is 48.6 Å². The molecule has 7 heteroatoms. The summed E-state index contributed by atoms with van der Waals surface area (Å²) in [6.07, 6.45) is 2.49. The Bertz CT molecular complexity index is 938. The predicted molar refractivity (Wildman–Crippen MR) is 111 cm³/mol. The summed E-state index contributed by atoms with van der Waals surface area (Å²) < 4.78 is 45.8. The first-order valence-electron chi connectivity index (χ1n) is 9.87. The number of carbonyl (C=O) groups excluding carboxylic acids is 1. The van der Waals surface area contributed by atoms with Crippen LogP contribution in [0.15, 0.2) is 42.5 Å². The van der Waals surface area contributed by atoms with Gasteiger partial charge in [-0.05, 0) is 56.7 Å². The molecule has 1 fully saturated rings. The zero-order valence-corrected chi connectivity index (χ0v) is 17.2. The average molecular weight is 418 g/mol. The molecule has 3 unspecified atom stereocenters. The number of hydrogen-bond donors (Lipinski definition) is 1. The molecule has 4 nitrogen and oxygen atoms in total. The van der Waals surface area contributed by atoms with E-state index in [1.165, 1.54) is 0 Å². The zero-order valence-electron chi connectivity index (χ0n) is 17.2. The van der Waals surface area contributed by atoms with Gasteiger partial charge in [0.25, 0.3) is 0 Å². The van der Waals surface area contributed by atoms with Crippen LogP contribution in [0.4, 0.5) is 18.9 Å². The summed E-state index contributed by atoms with van der Waals surface area (Å²) in [6, 6.07) is 9.49. The number of ether oxygens (including phenoxy) is 1. The Kier molecular flexibility index (Phi) is 6.82. The fraction of sp³-hybridized carbons (Fsp3) is 0.348.